The zero-order chi connectivity index (χ0) is 14.7. The Labute approximate surface area is 129 Å². The Balaban J connectivity index is 3.00. The highest BCUT2D eigenvalue weighted by Crippen LogP contribution is 2.11. The van der Waals surface area contributed by atoms with Crippen molar-refractivity contribution in [2.24, 2.45) is 0 Å². The highest BCUT2D eigenvalue weighted by atomic mass is 14.0. The molecule has 0 aromatic heterocycles. The van der Waals surface area contributed by atoms with Crippen LogP contribution in [0.1, 0.15) is 117 Å². The molecule has 0 heterocycles. The summed E-state index contributed by atoms with van der Waals surface area (Å²) in [4.78, 5) is 0. The van der Waals surface area contributed by atoms with Crippen molar-refractivity contribution < 1.29 is 0 Å². The van der Waals surface area contributed by atoms with Crippen LogP contribution in [0.5, 0.6) is 0 Å². The summed E-state index contributed by atoms with van der Waals surface area (Å²) < 4.78 is 0. The molecule has 0 spiro atoms. The lowest BCUT2D eigenvalue weighted by molar-refractivity contribution is 0.557. The van der Waals surface area contributed by atoms with Gasteiger partial charge in [-0.05, 0) is 25.7 Å². The Morgan fingerprint density at radius 2 is 0.700 bits per heavy atom. The first-order valence-corrected chi connectivity index (χ1v) is 9.56. The molecular weight excluding hydrogens is 240 g/mol. The lowest BCUT2D eigenvalue weighted by Crippen LogP contribution is -1.81. The molecule has 0 heteroatoms. The maximum atomic E-state index is 2.41. The summed E-state index contributed by atoms with van der Waals surface area (Å²) in [6, 6.07) is 0. The maximum Gasteiger partial charge on any atom is -0.0351 e. The summed E-state index contributed by atoms with van der Waals surface area (Å²) in [5.74, 6) is 0. The molecule has 0 unspecified atom stereocenters. The predicted molar refractivity (Wildman–Crippen MR) is 94.4 cm³/mol. The molecule has 0 aliphatic rings. The van der Waals surface area contributed by atoms with E-state index in [1.807, 2.05) is 0 Å². The van der Waals surface area contributed by atoms with Gasteiger partial charge in [-0.1, -0.05) is 103 Å². The summed E-state index contributed by atoms with van der Waals surface area (Å²) in [6.45, 7) is 4.57. The highest BCUT2D eigenvalue weighted by Gasteiger charge is 1.92. The number of rotatable bonds is 16. The molecule has 0 aromatic rings. The van der Waals surface area contributed by atoms with E-state index >= 15 is 0 Å². The fourth-order valence-corrected chi connectivity index (χ4v) is 2.67. The molecule has 120 valence electrons. The lowest BCUT2D eigenvalue weighted by atomic mass is 10.1. The first-order chi connectivity index (χ1) is 9.91. The molecule has 0 aliphatic carbocycles. The smallest absolute Gasteiger partial charge is 0.0351 e. The normalized spacial score (nSPS) is 11.5. The van der Waals surface area contributed by atoms with Gasteiger partial charge in [-0.3, -0.25) is 0 Å². The highest BCUT2D eigenvalue weighted by molar-refractivity contribution is 4.81. The molecule has 0 fully saturated rings. The van der Waals surface area contributed by atoms with Crippen molar-refractivity contribution in [2.45, 2.75) is 117 Å². The quantitative estimate of drug-likeness (QED) is 0.200. The fourth-order valence-electron chi connectivity index (χ4n) is 2.67. The van der Waals surface area contributed by atoms with Crippen molar-refractivity contribution in [3.63, 3.8) is 0 Å². The molecule has 0 aliphatic heterocycles. The molecule has 0 nitrogen and oxygen atoms in total. The zero-order valence-corrected chi connectivity index (χ0v) is 14.5. The average Bonchev–Trinajstić information content (AvgIpc) is 2.47. The van der Waals surface area contributed by atoms with E-state index in [-0.39, 0.29) is 0 Å². The van der Waals surface area contributed by atoms with Crippen molar-refractivity contribution in [2.75, 3.05) is 0 Å². The Morgan fingerprint density at radius 3 is 1.10 bits per heavy atom. The molecule has 0 atom stereocenters. The van der Waals surface area contributed by atoms with Crippen LogP contribution < -0.4 is 0 Å². The van der Waals surface area contributed by atoms with E-state index in [2.05, 4.69) is 26.0 Å². The Bertz CT molecular complexity index is 180. The third-order valence-corrected chi connectivity index (χ3v) is 4.12. The average molecular weight is 281 g/mol. The van der Waals surface area contributed by atoms with Gasteiger partial charge in [0, 0.05) is 0 Å². The van der Waals surface area contributed by atoms with Crippen molar-refractivity contribution in [1.29, 1.82) is 0 Å². The van der Waals surface area contributed by atoms with E-state index in [4.69, 9.17) is 0 Å². The molecular formula is C20H40. The molecule has 0 radical (unpaired) electrons. The van der Waals surface area contributed by atoms with Gasteiger partial charge in [0.25, 0.3) is 0 Å². The van der Waals surface area contributed by atoms with Gasteiger partial charge in [0.1, 0.15) is 0 Å². The summed E-state index contributed by atoms with van der Waals surface area (Å²) in [5.41, 5.74) is 0. The van der Waals surface area contributed by atoms with Crippen LogP contribution in [0.15, 0.2) is 12.2 Å². The van der Waals surface area contributed by atoms with E-state index in [0.29, 0.717) is 0 Å². The van der Waals surface area contributed by atoms with Gasteiger partial charge in [0.15, 0.2) is 0 Å². The molecule has 0 saturated heterocycles. The van der Waals surface area contributed by atoms with Gasteiger partial charge in [0.05, 0.1) is 0 Å². The third-order valence-electron chi connectivity index (χ3n) is 4.12. The van der Waals surface area contributed by atoms with Gasteiger partial charge < -0.3 is 0 Å². The first kappa shape index (κ1) is 19.7. The SMILES string of the molecule is CCCCCC/C=C/CCCCCCCCCCCC. The van der Waals surface area contributed by atoms with Crippen LogP contribution in [0.25, 0.3) is 0 Å². The van der Waals surface area contributed by atoms with Gasteiger partial charge in [-0.15, -0.1) is 0 Å². The van der Waals surface area contributed by atoms with Crippen LogP contribution in [-0.4, -0.2) is 0 Å². The van der Waals surface area contributed by atoms with Crippen LogP contribution >= 0.6 is 0 Å². The van der Waals surface area contributed by atoms with Crippen molar-refractivity contribution >= 4 is 0 Å². The van der Waals surface area contributed by atoms with Crippen LogP contribution in [-0.2, 0) is 0 Å². The second kappa shape index (κ2) is 18.7. The Morgan fingerprint density at radius 1 is 0.400 bits per heavy atom. The van der Waals surface area contributed by atoms with E-state index in [1.165, 1.54) is 103 Å². The van der Waals surface area contributed by atoms with E-state index in [0.717, 1.165) is 0 Å². The second-order valence-corrected chi connectivity index (χ2v) is 6.29. The zero-order valence-electron chi connectivity index (χ0n) is 14.5. The summed E-state index contributed by atoms with van der Waals surface area (Å²) in [6.07, 6.45) is 27.4. The van der Waals surface area contributed by atoms with Crippen LogP contribution in [0.4, 0.5) is 0 Å². The number of hydrogen-bond donors (Lipinski definition) is 0. The summed E-state index contributed by atoms with van der Waals surface area (Å²) in [5, 5.41) is 0. The molecule has 0 N–H and O–H groups in total. The largest absolute Gasteiger partial charge is 0.0885 e. The maximum absolute atomic E-state index is 2.41. The van der Waals surface area contributed by atoms with Gasteiger partial charge in [-0.25, -0.2) is 0 Å². The molecule has 0 aromatic carbocycles. The van der Waals surface area contributed by atoms with Gasteiger partial charge in [-0.2, -0.15) is 0 Å². The minimum absolute atomic E-state index is 1.30. The monoisotopic (exact) mass is 280 g/mol. The number of hydrogen-bond acceptors (Lipinski definition) is 0. The topological polar surface area (TPSA) is 0 Å². The van der Waals surface area contributed by atoms with E-state index in [9.17, 15) is 0 Å². The Hall–Kier alpha value is -0.260. The van der Waals surface area contributed by atoms with E-state index < -0.39 is 0 Å². The Kier molecular flexibility index (Phi) is 18.5. The summed E-state index contributed by atoms with van der Waals surface area (Å²) in [7, 11) is 0. The third kappa shape index (κ3) is 17.7. The molecule has 0 rings (SSSR count). The number of unbranched alkanes of at least 4 members (excludes halogenated alkanes) is 14. The van der Waals surface area contributed by atoms with Crippen LogP contribution in [0.3, 0.4) is 0 Å². The molecule has 0 bridgehead atoms. The van der Waals surface area contributed by atoms with Crippen LogP contribution in [0.2, 0.25) is 0 Å². The van der Waals surface area contributed by atoms with Crippen molar-refractivity contribution in [1.82, 2.24) is 0 Å². The predicted octanol–water partition coefficient (Wildman–Crippen LogP) is 7.82. The standard InChI is InChI=1S/C20H40/c1-3-5-7-9-11-13-15-17-19-20-18-16-14-12-10-8-6-4-2/h13,15H,3-12,14,16-20H2,1-2H3/b15-13+. The first-order valence-electron chi connectivity index (χ1n) is 9.56. The fraction of sp³-hybridized carbons (Fsp3) is 0.900. The minimum Gasteiger partial charge on any atom is -0.0885 e. The van der Waals surface area contributed by atoms with Crippen LogP contribution in [0, 0.1) is 0 Å². The lowest BCUT2D eigenvalue weighted by Gasteiger charge is -2.01. The van der Waals surface area contributed by atoms with Gasteiger partial charge in [0.2, 0.25) is 0 Å². The van der Waals surface area contributed by atoms with E-state index in [1.54, 1.807) is 0 Å². The molecule has 20 heavy (non-hydrogen) atoms. The molecule has 0 saturated carbocycles. The summed E-state index contributed by atoms with van der Waals surface area (Å²) >= 11 is 0. The van der Waals surface area contributed by atoms with Crippen molar-refractivity contribution in [3.05, 3.63) is 12.2 Å². The van der Waals surface area contributed by atoms with Crippen molar-refractivity contribution in [3.8, 4) is 0 Å². The van der Waals surface area contributed by atoms with Gasteiger partial charge >= 0.3 is 0 Å². The number of allylic oxidation sites excluding steroid dienone is 2. The second-order valence-electron chi connectivity index (χ2n) is 6.29. The minimum atomic E-state index is 1.30. The molecule has 0 amide bonds.